The van der Waals surface area contributed by atoms with Gasteiger partial charge < -0.3 is 24.1 Å². The number of carbonyl (C=O) groups excluding carboxylic acids is 1. The average molecular weight is 397 g/mol. The molecule has 29 heavy (non-hydrogen) atoms. The molecule has 0 saturated carbocycles. The van der Waals surface area contributed by atoms with E-state index in [0.29, 0.717) is 34.2 Å². The number of methoxy groups -OCH3 is 2. The van der Waals surface area contributed by atoms with Crippen molar-refractivity contribution in [3.63, 3.8) is 0 Å². The van der Waals surface area contributed by atoms with Gasteiger partial charge in [0.05, 0.1) is 38.0 Å². The van der Waals surface area contributed by atoms with Crippen LogP contribution in [0.25, 0.3) is 11.4 Å². The number of benzene rings is 2. The maximum atomic E-state index is 12.6. The van der Waals surface area contributed by atoms with Gasteiger partial charge in [-0.3, -0.25) is 4.79 Å². The number of amides is 1. The summed E-state index contributed by atoms with van der Waals surface area (Å²) < 4.78 is 21.5. The summed E-state index contributed by atoms with van der Waals surface area (Å²) in [4.78, 5) is 16.9. The van der Waals surface area contributed by atoms with Crippen LogP contribution in [0.15, 0.2) is 47.0 Å². The Morgan fingerprint density at radius 3 is 2.62 bits per heavy atom. The molecule has 0 fully saturated rings. The molecule has 8 nitrogen and oxygen atoms in total. The molecule has 8 heteroatoms. The van der Waals surface area contributed by atoms with Crippen LogP contribution >= 0.6 is 0 Å². The Kier molecular flexibility index (Phi) is 6.33. The third kappa shape index (κ3) is 4.84. The maximum absolute atomic E-state index is 12.6. The summed E-state index contributed by atoms with van der Waals surface area (Å²) in [7, 11) is 3.13. The number of aromatic nitrogens is 2. The molecule has 1 heterocycles. The zero-order valence-corrected chi connectivity index (χ0v) is 16.8. The molecule has 1 amide bonds. The maximum Gasteiger partial charge on any atom is 0.255 e. The van der Waals surface area contributed by atoms with Gasteiger partial charge >= 0.3 is 0 Å². The van der Waals surface area contributed by atoms with E-state index < -0.39 is 0 Å². The fourth-order valence-electron chi connectivity index (χ4n) is 2.68. The molecule has 152 valence electrons. The van der Waals surface area contributed by atoms with Gasteiger partial charge in [-0.1, -0.05) is 17.3 Å². The van der Waals surface area contributed by atoms with E-state index >= 15 is 0 Å². The number of hydrogen-bond acceptors (Lipinski definition) is 7. The molecule has 0 spiro atoms. The average Bonchev–Trinajstić information content (AvgIpc) is 3.20. The molecule has 3 aromatic rings. The molecule has 2 aromatic carbocycles. The van der Waals surface area contributed by atoms with E-state index in [1.807, 2.05) is 19.9 Å². The number of nitrogens with one attached hydrogen (secondary N) is 1. The van der Waals surface area contributed by atoms with Crippen molar-refractivity contribution in [3.8, 4) is 28.6 Å². The van der Waals surface area contributed by atoms with Gasteiger partial charge in [-0.15, -0.1) is 0 Å². The van der Waals surface area contributed by atoms with Crippen LogP contribution in [-0.2, 0) is 6.54 Å². The fourth-order valence-corrected chi connectivity index (χ4v) is 2.68. The van der Waals surface area contributed by atoms with Crippen molar-refractivity contribution in [1.29, 1.82) is 0 Å². The van der Waals surface area contributed by atoms with Crippen LogP contribution in [0.3, 0.4) is 0 Å². The van der Waals surface area contributed by atoms with E-state index in [4.69, 9.17) is 18.7 Å². The molecular formula is C21H23N3O5. The Balaban J connectivity index is 1.71. The smallest absolute Gasteiger partial charge is 0.255 e. The van der Waals surface area contributed by atoms with Crippen molar-refractivity contribution in [2.75, 3.05) is 14.2 Å². The number of hydrogen-bond donors (Lipinski definition) is 1. The predicted octanol–water partition coefficient (Wildman–Crippen LogP) is 3.47. The predicted molar refractivity (Wildman–Crippen MR) is 106 cm³/mol. The van der Waals surface area contributed by atoms with Gasteiger partial charge in [0, 0.05) is 6.07 Å². The van der Waals surface area contributed by atoms with Gasteiger partial charge in [-0.05, 0) is 38.1 Å². The number of nitrogens with zero attached hydrogens (tertiary/aromatic N) is 2. The number of ether oxygens (including phenoxy) is 3. The molecule has 1 N–H and O–H groups in total. The van der Waals surface area contributed by atoms with Crippen molar-refractivity contribution >= 4 is 5.91 Å². The van der Waals surface area contributed by atoms with Gasteiger partial charge in [0.25, 0.3) is 5.91 Å². The van der Waals surface area contributed by atoms with E-state index in [1.54, 1.807) is 50.6 Å². The molecule has 1 aromatic heterocycles. The first kappa shape index (κ1) is 20.2. The molecule has 0 aliphatic carbocycles. The topological polar surface area (TPSA) is 95.7 Å². The van der Waals surface area contributed by atoms with E-state index in [1.165, 1.54) is 0 Å². The van der Waals surface area contributed by atoms with E-state index in [0.717, 1.165) is 0 Å². The van der Waals surface area contributed by atoms with Crippen LogP contribution in [0.5, 0.6) is 17.2 Å². The monoisotopic (exact) mass is 397 g/mol. The van der Waals surface area contributed by atoms with Crippen LogP contribution in [-0.4, -0.2) is 36.4 Å². The van der Waals surface area contributed by atoms with Crippen molar-refractivity contribution in [1.82, 2.24) is 15.5 Å². The molecule has 0 bridgehead atoms. The van der Waals surface area contributed by atoms with Crippen LogP contribution in [0.1, 0.15) is 30.1 Å². The first-order chi connectivity index (χ1) is 14.0. The molecule has 0 atom stereocenters. The van der Waals surface area contributed by atoms with Gasteiger partial charge in [-0.25, -0.2) is 0 Å². The van der Waals surface area contributed by atoms with Crippen LogP contribution < -0.4 is 19.5 Å². The first-order valence-corrected chi connectivity index (χ1v) is 9.10. The standard InChI is InChI=1S/C21H23N3O5/c1-13(2)28-17-8-6-5-7-16(17)21(25)22-12-19-23-20(24-29-19)15-10-9-14(26-3)11-18(15)27-4/h5-11,13H,12H2,1-4H3,(H,22,25). The first-order valence-electron chi connectivity index (χ1n) is 9.10. The van der Waals surface area contributed by atoms with Gasteiger partial charge in [0.1, 0.15) is 17.2 Å². The Morgan fingerprint density at radius 2 is 1.90 bits per heavy atom. The van der Waals surface area contributed by atoms with E-state index in [9.17, 15) is 4.79 Å². The Labute approximate surface area is 168 Å². The molecule has 0 radical (unpaired) electrons. The number of rotatable bonds is 8. The second-order valence-electron chi connectivity index (χ2n) is 6.42. The molecule has 0 aliphatic heterocycles. The highest BCUT2D eigenvalue weighted by molar-refractivity contribution is 5.96. The quantitative estimate of drug-likeness (QED) is 0.622. The molecule has 3 rings (SSSR count). The second kappa shape index (κ2) is 9.09. The Morgan fingerprint density at radius 1 is 1.10 bits per heavy atom. The highest BCUT2D eigenvalue weighted by Crippen LogP contribution is 2.31. The minimum Gasteiger partial charge on any atom is -0.497 e. The van der Waals surface area contributed by atoms with Crippen molar-refractivity contribution in [2.24, 2.45) is 0 Å². The van der Waals surface area contributed by atoms with Crippen LogP contribution in [0.2, 0.25) is 0 Å². The molecular weight excluding hydrogens is 374 g/mol. The normalized spacial score (nSPS) is 10.7. The van der Waals surface area contributed by atoms with Gasteiger partial charge in [0.2, 0.25) is 11.7 Å². The Hall–Kier alpha value is -3.55. The summed E-state index contributed by atoms with van der Waals surface area (Å²) >= 11 is 0. The van der Waals surface area contributed by atoms with E-state index in [-0.39, 0.29) is 24.4 Å². The summed E-state index contributed by atoms with van der Waals surface area (Å²) in [6.45, 7) is 3.89. The third-order valence-electron chi connectivity index (χ3n) is 4.01. The summed E-state index contributed by atoms with van der Waals surface area (Å²) in [6, 6.07) is 12.4. The van der Waals surface area contributed by atoms with Gasteiger partial charge in [-0.2, -0.15) is 4.98 Å². The highest BCUT2D eigenvalue weighted by atomic mass is 16.5. The molecule has 0 aliphatic rings. The highest BCUT2D eigenvalue weighted by Gasteiger charge is 2.17. The summed E-state index contributed by atoms with van der Waals surface area (Å²) in [5.74, 6) is 2.08. The number of carbonyl (C=O) groups is 1. The van der Waals surface area contributed by atoms with Crippen molar-refractivity contribution < 1.29 is 23.5 Å². The van der Waals surface area contributed by atoms with Gasteiger partial charge in [0.15, 0.2) is 0 Å². The summed E-state index contributed by atoms with van der Waals surface area (Å²) in [5.41, 5.74) is 1.10. The largest absolute Gasteiger partial charge is 0.497 e. The lowest BCUT2D eigenvalue weighted by Gasteiger charge is -2.13. The fraction of sp³-hybridized carbons (Fsp3) is 0.286. The zero-order chi connectivity index (χ0) is 20.8. The van der Waals surface area contributed by atoms with Crippen molar-refractivity contribution in [2.45, 2.75) is 26.5 Å². The van der Waals surface area contributed by atoms with Crippen LogP contribution in [0.4, 0.5) is 0 Å². The van der Waals surface area contributed by atoms with E-state index in [2.05, 4.69) is 15.5 Å². The van der Waals surface area contributed by atoms with Crippen molar-refractivity contribution in [3.05, 3.63) is 53.9 Å². The lowest BCUT2D eigenvalue weighted by molar-refractivity contribution is 0.0940. The minimum atomic E-state index is -0.289. The lowest BCUT2D eigenvalue weighted by Crippen LogP contribution is -2.24. The SMILES string of the molecule is COc1ccc(-c2noc(CNC(=O)c3ccccc3OC(C)C)n2)c(OC)c1. The zero-order valence-electron chi connectivity index (χ0n) is 16.8. The Bertz CT molecular complexity index is 984. The minimum absolute atomic E-state index is 0.0399. The molecule has 0 saturated heterocycles. The molecule has 0 unspecified atom stereocenters. The second-order valence-corrected chi connectivity index (χ2v) is 6.42. The summed E-state index contributed by atoms with van der Waals surface area (Å²) in [5, 5.41) is 6.75. The summed E-state index contributed by atoms with van der Waals surface area (Å²) in [6.07, 6.45) is -0.0399. The van der Waals surface area contributed by atoms with Crippen LogP contribution in [0, 0.1) is 0 Å². The third-order valence-corrected chi connectivity index (χ3v) is 4.01. The lowest BCUT2D eigenvalue weighted by atomic mass is 10.2. The number of para-hydroxylation sites is 1.